The molecule has 0 aliphatic carbocycles. The molecular weight excluding hydrogens is 356 g/mol. The van der Waals surface area contributed by atoms with Crippen molar-refractivity contribution in [3.63, 3.8) is 0 Å². The minimum absolute atomic E-state index is 0.0412. The van der Waals surface area contributed by atoms with Crippen LogP contribution in [0.1, 0.15) is 64.1 Å². The number of hydrogen-bond acceptors (Lipinski definition) is 3. The highest BCUT2D eigenvalue weighted by Crippen LogP contribution is 2.37. The van der Waals surface area contributed by atoms with Crippen molar-refractivity contribution < 1.29 is 19.4 Å². The monoisotopic (exact) mass is 386 g/mol. The minimum atomic E-state index is -0.769. The van der Waals surface area contributed by atoms with Crippen LogP contribution in [0.25, 0.3) is 10.9 Å². The highest BCUT2D eigenvalue weighted by Gasteiger charge is 2.32. The molecule has 6 heteroatoms. The summed E-state index contributed by atoms with van der Waals surface area (Å²) in [6.45, 7) is 8.17. The first-order chi connectivity index (χ1) is 13.2. The Hall–Kier alpha value is -2.50. The van der Waals surface area contributed by atoms with Crippen LogP contribution in [0.5, 0.6) is 0 Å². The van der Waals surface area contributed by atoms with E-state index in [4.69, 9.17) is 4.74 Å². The van der Waals surface area contributed by atoms with Gasteiger partial charge in [0.15, 0.2) is 0 Å². The lowest BCUT2D eigenvalue weighted by Gasteiger charge is -2.29. The molecule has 1 aromatic heterocycles. The molecule has 3 rings (SSSR count). The number of nitrogens with one attached hydrogen (secondary N) is 1. The fourth-order valence-electron chi connectivity index (χ4n) is 4.14. The van der Waals surface area contributed by atoms with E-state index < -0.39 is 23.6 Å². The largest absolute Gasteiger partial charge is 0.481 e. The van der Waals surface area contributed by atoms with E-state index in [1.807, 2.05) is 52.0 Å². The first-order valence-corrected chi connectivity index (χ1v) is 10.0. The van der Waals surface area contributed by atoms with Crippen LogP contribution in [0.4, 0.5) is 4.79 Å². The molecule has 0 saturated carbocycles. The Balaban J connectivity index is 1.94. The summed E-state index contributed by atoms with van der Waals surface area (Å²) in [4.78, 5) is 24.1. The lowest BCUT2D eigenvalue weighted by atomic mass is 9.89. The van der Waals surface area contributed by atoms with Crippen molar-refractivity contribution in [1.29, 1.82) is 0 Å². The number of ether oxygens (including phenoxy) is 1. The van der Waals surface area contributed by atoms with E-state index in [9.17, 15) is 14.7 Å². The molecule has 2 atom stereocenters. The number of fused-ring (bicyclic) bond motifs is 3. The van der Waals surface area contributed by atoms with E-state index in [1.165, 1.54) is 0 Å². The molecule has 0 spiro atoms. The van der Waals surface area contributed by atoms with Gasteiger partial charge in [0, 0.05) is 23.1 Å². The maximum atomic E-state index is 12.2. The Morgan fingerprint density at radius 1 is 1.32 bits per heavy atom. The summed E-state index contributed by atoms with van der Waals surface area (Å²) < 4.78 is 7.57. The quantitative estimate of drug-likeness (QED) is 0.796. The number of alkyl carbamates (subject to hydrolysis) is 1. The minimum Gasteiger partial charge on any atom is -0.481 e. The summed E-state index contributed by atoms with van der Waals surface area (Å²) >= 11 is 0. The van der Waals surface area contributed by atoms with E-state index in [-0.39, 0.29) is 6.04 Å². The van der Waals surface area contributed by atoms with Gasteiger partial charge in [0.05, 0.1) is 12.0 Å². The van der Waals surface area contributed by atoms with E-state index in [0.717, 1.165) is 41.4 Å². The second-order valence-electron chi connectivity index (χ2n) is 8.55. The van der Waals surface area contributed by atoms with Crippen molar-refractivity contribution in [2.24, 2.45) is 0 Å². The highest BCUT2D eigenvalue weighted by atomic mass is 16.6. The average molecular weight is 386 g/mol. The van der Waals surface area contributed by atoms with Crippen LogP contribution in [0.2, 0.25) is 0 Å². The van der Waals surface area contributed by atoms with Crippen molar-refractivity contribution in [1.82, 2.24) is 9.88 Å². The molecular formula is C22H30N2O4. The number of para-hydroxylation sites is 1. The van der Waals surface area contributed by atoms with E-state index in [2.05, 4.69) is 9.88 Å². The number of amides is 1. The van der Waals surface area contributed by atoms with Gasteiger partial charge in [0.1, 0.15) is 5.60 Å². The standard InChI is InChI=1S/C22H30N2O4/c1-5-8-16(20(25)26)19-15-9-6-7-10-17(15)24-13-14(11-12-18(19)24)23-21(27)28-22(2,3)4/h6-7,9-10,14,16H,5,8,11-13H2,1-4H3,(H,23,27)(H,25,26)/t14-,16?/m1/s1. The molecule has 1 amide bonds. The first kappa shape index (κ1) is 20.2. The molecule has 2 N–H and O–H groups in total. The van der Waals surface area contributed by atoms with E-state index >= 15 is 0 Å². The van der Waals surface area contributed by atoms with Gasteiger partial charge in [-0.3, -0.25) is 4.79 Å². The zero-order chi connectivity index (χ0) is 20.5. The molecule has 1 unspecified atom stereocenters. The Kier molecular flexibility index (Phi) is 5.68. The van der Waals surface area contributed by atoms with Crippen molar-refractivity contribution >= 4 is 23.0 Å². The van der Waals surface area contributed by atoms with Crippen molar-refractivity contribution in [3.05, 3.63) is 35.5 Å². The number of nitrogens with zero attached hydrogens (tertiary/aromatic N) is 1. The number of benzene rings is 1. The summed E-state index contributed by atoms with van der Waals surface area (Å²) in [6, 6.07) is 7.93. The molecule has 152 valence electrons. The molecule has 1 aromatic carbocycles. The molecule has 1 aliphatic rings. The average Bonchev–Trinajstić information content (AvgIpc) is 2.91. The summed E-state index contributed by atoms with van der Waals surface area (Å²) in [5, 5.41) is 13.8. The van der Waals surface area contributed by atoms with Gasteiger partial charge in [-0.15, -0.1) is 0 Å². The molecule has 28 heavy (non-hydrogen) atoms. The third-order valence-electron chi connectivity index (χ3n) is 5.20. The number of carboxylic acid groups (broad SMARTS) is 1. The fraction of sp³-hybridized carbons (Fsp3) is 0.545. The van der Waals surface area contributed by atoms with Crippen LogP contribution in [0.3, 0.4) is 0 Å². The zero-order valence-electron chi connectivity index (χ0n) is 17.1. The third kappa shape index (κ3) is 4.16. The predicted molar refractivity (Wildman–Crippen MR) is 109 cm³/mol. The van der Waals surface area contributed by atoms with Crippen molar-refractivity contribution in [2.45, 2.75) is 77.5 Å². The molecule has 2 heterocycles. The van der Waals surface area contributed by atoms with Gasteiger partial charge in [-0.2, -0.15) is 0 Å². The van der Waals surface area contributed by atoms with Gasteiger partial charge >= 0.3 is 12.1 Å². The van der Waals surface area contributed by atoms with Crippen molar-refractivity contribution in [2.75, 3.05) is 0 Å². The van der Waals surface area contributed by atoms with E-state index in [1.54, 1.807) is 0 Å². The number of carbonyl (C=O) groups excluding carboxylic acids is 1. The Morgan fingerprint density at radius 3 is 2.68 bits per heavy atom. The summed E-state index contributed by atoms with van der Waals surface area (Å²) in [6.07, 6.45) is 2.53. The summed E-state index contributed by atoms with van der Waals surface area (Å²) in [7, 11) is 0. The normalized spacial score (nSPS) is 17.8. The first-order valence-electron chi connectivity index (χ1n) is 10.0. The molecule has 0 radical (unpaired) electrons. The molecule has 1 aliphatic heterocycles. The van der Waals surface area contributed by atoms with Gasteiger partial charge in [-0.1, -0.05) is 31.5 Å². The van der Waals surface area contributed by atoms with Crippen LogP contribution in [0, 0.1) is 0 Å². The second kappa shape index (κ2) is 7.86. The SMILES string of the molecule is CCCC(C(=O)O)c1c2n(c3ccccc13)C[C@H](NC(=O)OC(C)(C)C)CC2. The summed E-state index contributed by atoms with van der Waals surface area (Å²) in [5.74, 6) is -1.27. The van der Waals surface area contributed by atoms with E-state index in [0.29, 0.717) is 13.0 Å². The topological polar surface area (TPSA) is 80.6 Å². The molecule has 6 nitrogen and oxygen atoms in total. The molecule has 0 saturated heterocycles. The van der Waals surface area contributed by atoms with Gasteiger partial charge in [-0.05, 0) is 51.7 Å². The maximum Gasteiger partial charge on any atom is 0.407 e. The number of aromatic nitrogens is 1. The zero-order valence-corrected chi connectivity index (χ0v) is 17.1. The van der Waals surface area contributed by atoms with Gasteiger partial charge < -0.3 is 19.7 Å². The number of rotatable bonds is 5. The lowest BCUT2D eigenvalue weighted by Crippen LogP contribution is -2.43. The van der Waals surface area contributed by atoms with Crippen LogP contribution < -0.4 is 5.32 Å². The highest BCUT2D eigenvalue weighted by molar-refractivity contribution is 5.91. The van der Waals surface area contributed by atoms with Crippen LogP contribution >= 0.6 is 0 Å². The predicted octanol–water partition coefficient (Wildman–Crippen LogP) is 4.45. The Labute approximate surface area is 165 Å². The lowest BCUT2D eigenvalue weighted by molar-refractivity contribution is -0.139. The van der Waals surface area contributed by atoms with Crippen LogP contribution in [-0.2, 0) is 22.5 Å². The van der Waals surface area contributed by atoms with Crippen LogP contribution in [-0.4, -0.2) is 33.4 Å². The fourth-order valence-corrected chi connectivity index (χ4v) is 4.14. The summed E-state index contributed by atoms with van der Waals surface area (Å²) in [5.41, 5.74) is 2.53. The second-order valence-corrected chi connectivity index (χ2v) is 8.55. The smallest absolute Gasteiger partial charge is 0.407 e. The molecule has 0 fully saturated rings. The Morgan fingerprint density at radius 2 is 2.04 bits per heavy atom. The van der Waals surface area contributed by atoms with Crippen LogP contribution in [0.15, 0.2) is 24.3 Å². The van der Waals surface area contributed by atoms with Gasteiger partial charge in [-0.25, -0.2) is 4.79 Å². The molecule has 2 aromatic rings. The molecule has 0 bridgehead atoms. The Bertz CT molecular complexity index is 879. The maximum absolute atomic E-state index is 12.2. The van der Waals surface area contributed by atoms with Gasteiger partial charge in [0.25, 0.3) is 0 Å². The van der Waals surface area contributed by atoms with Crippen molar-refractivity contribution in [3.8, 4) is 0 Å². The number of carbonyl (C=O) groups is 2. The number of hydrogen-bond donors (Lipinski definition) is 2. The third-order valence-corrected chi connectivity index (χ3v) is 5.20. The number of carboxylic acids is 1. The number of aliphatic carboxylic acids is 1. The van der Waals surface area contributed by atoms with Gasteiger partial charge in [0.2, 0.25) is 0 Å².